The van der Waals surface area contributed by atoms with E-state index in [-0.39, 0.29) is 19.1 Å². The highest BCUT2D eigenvalue weighted by Gasteiger charge is 2.16. The molecule has 98 valence electrons. The lowest BCUT2D eigenvalue weighted by molar-refractivity contribution is 0.0744. The molecule has 0 radical (unpaired) electrons. The van der Waals surface area contributed by atoms with Crippen LogP contribution in [0.3, 0.4) is 0 Å². The third-order valence-corrected chi connectivity index (χ3v) is 2.87. The molecule has 0 unspecified atom stereocenters. The summed E-state index contributed by atoms with van der Waals surface area (Å²) >= 11 is 0. The molecule has 0 aliphatic carbocycles. The fraction of sp³-hybridized carbons (Fsp3) is 0.200. The van der Waals surface area contributed by atoms with Crippen molar-refractivity contribution < 1.29 is 9.90 Å². The molecule has 0 aliphatic heterocycles. The molecule has 1 N–H and O–H groups in total. The summed E-state index contributed by atoms with van der Waals surface area (Å²) in [6.07, 6.45) is 3.31. The Morgan fingerprint density at radius 3 is 2.89 bits per heavy atom. The van der Waals surface area contributed by atoms with Crippen molar-refractivity contribution in [2.24, 2.45) is 0 Å². The van der Waals surface area contributed by atoms with Crippen LogP contribution in [0.2, 0.25) is 0 Å². The largest absolute Gasteiger partial charge is 0.395 e. The SMILES string of the molecule is C=CCN(CCO)C(=O)c1cccc2cccnc12. The average Bonchev–Trinajstić information content (AvgIpc) is 2.46. The van der Waals surface area contributed by atoms with Crippen molar-refractivity contribution in [2.45, 2.75) is 0 Å². The highest BCUT2D eigenvalue weighted by atomic mass is 16.3. The van der Waals surface area contributed by atoms with E-state index in [0.717, 1.165) is 5.39 Å². The number of carbonyl (C=O) groups excluding carboxylic acids is 1. The predicted molar refractivity (Wildman–Crippen MR) is 74.9 cm³/mol. The number of carbonyl (C=O) groups is 1. The highest BCUT2D eigenvalue weighted by Crippen LogP contribution is 2.17. The smallest absolute Gasteiger partial charge is 0.256 e. The van der Waals surface area contributed by atoms with Crippen LogP contribution in [0.5, 0.6) is 0 Å². The quantitative estimate of drug-likeness (QED) is 0.831. The van der Waals surface area contributed by atoms with Crippen LogP contribution in [-0.2, 0) is 0 Å². The average molecular weight is 256 g/mol. The lowest BCUT2D eigenvalue weighted by Crippen LogP contribution is -2.33. The second-order valence-electron chi connectivity index (χ2n) is 4.14. The molecule has 0 fully saturated rings. The van der Waals surface area contributed by atoms with Gasteiger partial charge in [-0.05, 0) is 12.1 Å². The zero-order valence-electron chi connectivity index (χ0n) is 10.6. The molecule has 0 spiro atoms. The first-order chi connectivity index (χ1) is 9.27. The number of fused-ring (bicyclic) bond motifs is 1. The van der Waals surface area contributed by atoms with Gasteiger partial charge in [0, 0.05) is 24.7 Å². The lowest BCUT2D eigenvalue weighted by atomic mass is 10.1. The Kier molecular flexibility index (Phi) is 4.26. The van der Waals surface area contributed by atoms with Gasteiger partial charge in [0.1, 0.15) is 0 Å². The van der Waals surface area contributed by atoms with E-state index in [9.17, 15) is 4.79 Å². The summed E-state index contributed by atoms with van der Waals surface area (Å²) in [7, 11) is 0. The summed E-state index contributed by atoms with van der Waals surface area (Å²) in [5, 5.41) is 9.96. The van der Waals surface area contributed by atoms with Crippen molar-refractivity contribution in [3.8, 4) is 0 Å². The summed E-state index contributed by atoms with van der Waals surface area (Å²) in [6.45, 7) is 4.25. The molecular weight excluding hydrogens is 240 g/mol. The minimum atomic E-state index is -0.141. The molecule has 4 heteroatoms. The number of pyridine rings is 1. The van der Waals surface area contributed by atoms with Crippen LogP contribution in [0.1, 0.15) is 10.4 Å². The molecule has 19 heavy (non-hydrogen) atoms. The number of benzene rings is 1. The van der Waals surface area contributed by atoms with Gasteiger partial charge in [0.2, 0.25) is 0 Å². The standard InChI is InChI=1S/C15H16N2O2/c1-2-9-17(10-11-18)15(19)13-7-3-5-12-6-4-8-16-14(12)13/h2-8,18H,1,9-11H2. The van der Waals surface area contributed by atoms with E-state index in [1.807, 2.05) is 24.3 Å². The van der Waals surface area contributed by atoms with E-state index < -0.39 is 0 Å². The maximum atomic E-state index is 12.5. The fourth-order valence-corrected chi connectivity index (χ4v) is 2.00. The first kappa shape index (κ1) is 13.2. The van der Waals surface area contributed by atoms with Crippen LogP contribution < -0.4 is 0 Å². The number of aliphatic hydroxyl groups is 1. The molecule has 1 amide bonds. The normalized spacial score (nSPS) is 10.4. The van der Waals surface area contributed by atoms with E-state index >= 15 is 0 Å². The summed E-state index contributed by atoms with van der Waals surface area (Å²) in [4.78, 5) is 18.3. The zero-order chi connectivity index (χ0) is 13.7. The van der Waals surface area contributed by atoms with Gasteiger partial charge >= 0.3 is 0 Å². The monoisotopic (exact) mass is 256 g/mol. The molecule has 0 atom stereocenters. The number of aliphatic hydroxyl groups excluding tert-OH is 1. The molecule has 1 heterocycles. The molecule has 0 saturated carbocycles. The maximum absolute atomic E-state index is 12.5. The van der Waals surface area contributed by atoms with Crippen LogP contribution in [0.15, 0.2) is 49.2 Å². The molecule has 1 aromatic heterocycles. The van der Waals surface area contributed by atoms with Crippen LogP contribution in [0.25, 0.3) is 10.9 Å². The Hall–Kier alpha value is -2.20. The Balaban J connectivity index is 2.42. The minimum Gasteiger partial charge on any atom is -0.395 e. The molecule has 2 aromatic rings. The number of hydrogen-bond acceptors (Lipinski definition) is 3. The topological polar surface area (TPSA) is 53.4 Å². The zero-order valence-corrected chi connectivity index (χ0v) is 10.6. The molecule has 0 saturated heterocycles. The van der Waals surface area contributed by atoms with Crippen LogP contribution >= 0.6 is 0 Å². The lowest BCUT2D eigenvalue weighted by Gasteiger charge is -2.20. The van der Waals surface area contributed by atoms with Crippen molar-refractivity contribution in [3.05, 3.63) is 54.7 Å². The van der Waals surface area contributed by atoms with Gasteiger partial charge in [-0.2, -0.15) is 0 Å². The summed E-state index contributed by atoms with van der Waals surface area (Å²) < 4.78 is 0. The number of para-hydroxylation sites is 1. The number of nitrogens with zero attached hydrogens (tertiary/aromatic N) is 2. The third-order valence-electron chi connectivity index (χ3n) is 2.87. The van der Waals surface area contributed by atoms with Crippen molar-refractivity contribution in [1.82, 2.24) is 9.88 Å². The molecule has 2 rings (SSSR count). The van der Waals surface area contributed by atoms with Crippen LogP contribution in [0.4, 0.5) is 0 Å². The second-order valence-corrected chi connectivity index (χ2v) is 4.14. The van der Waals surface area contributed by atoms with E-state index in [1.165, 1.54) is 0 Å². The summed E-state index contributed by atoms with van der Waals surface area (Å²) in [6, 6.07) is 9.27. The molecule has 1 aromatic carbocycles. The number of aromatic nitrogens is 1. The van der Waals surface area contributed by atoms with Gasteiger partial charge in [0.15, 0.2) is 0 Å². The van der Waals surface area contributed by atoms with E-state index in [1.54, 1.807) is 23.2 Å². The Labute approximate surface area is 112 Å². The van der Waals surface area contributed by atoms with E-state index in [4.69, 9.17) is 5.11 Å². The Morgan fingerprint density at radius 2 is 2.16 bits per heavy atom. The van der Waals surface area contributed by atoms with Gasteiger partial charge in [-0.1, -0.05) is 24.3 Å². The number of hydrogen-bond donors (Lipinski definition) is 1. The van der Waals surface area contributed by atoms with Gasteiger partial charge in [-0.15, -0.1) is 6.58 Å². The van der Waals surface area contributed by atoms with Crippen LogP contribution in [0, 0.1) is 0 Å². The summed E-state index contributed by atoms with van der Waals surface area (Å²) in [5.41, 5.74) is 1.23. The van der Waals surface area contributed by atoms with Gasteiger partial charge in [-0.3, -0.25) is 9.78 Å². The predicted octanol–water partition coefficient (Wildman–Crippen LogP) is 1.86. The van der Waals surface area contributed by atoms with Gasteiger partial charge < -0.3 is 10.0 Å². The first-order valence-electron chi connectivity index (χ1n) is 6.12. The molecule has 4 nitrogen and oxygen atoms in total. The number of rotatable bonds is 5. The van der Waals surface area contributed by atoms with Crippen molar-refractivity contribution in [2.75, 3.05) is 19.7 Å². The van der Waals surface area contributed by atoms with E-state index in [2.05, 4.69) is 11.6 Å². The van der Waals surface area contributed by atoms with Gasteiger partial charge in [0.05, 0.1) is 17.7 Å². The second kappa shape index (κ2) is 6.11. The Bertz CT molecular complexity index is 590. The third kappa shape index (κ3) is 2.80. The fourth-order valence-electron chi connectivity index (χ4n) is 2.00. The molecule has 0 aliphatic rings. The van der Waals surface area contributed by atoms with Crippen molar-refractivity contribution in [1.29, 1.82) is 0 Å². The molecular formula is C15H16N2O2. The summed E-state index contributed by atoms with van der Waals surface area (Å²) in [5.74, 6) is -0.141. The maximum Gasteiger partial charge on any atom is 0.256 e. The van der Waals surface area contributed by atoms with Crippen LogP contribution in [-0.4, -0.2) is 40.6 Å². The first-order valence-corrected chi connectivity index (χ1v) is 6.12. The van der Waals surface area contributed by atoms with E-state index in [0.29, 0.717) is 17.6 Å². The Morgan fingerprint density at radius 1 is 1.37 bits per heavy atom. The van der Waals surface area contributed by atoms with Gasteiger partial charge in [-0.25, -0.2) is 0 Å². The number of amides is 1. The van der Waals surface area contributed by atoms with Crippen molar-refractivity contribution >= 4 is 16.8 Å². The van der Waals surface area contributed by atoms with Crippen molar-refractivity contribution in [3.63, 3.8) is 0 Å². The molecule has 0 bridgehead atoms. The van der Waals surface area contributed by atoms with Gasteiger partial charge in [0.25, 0.3) is 5.91 Å². The minimum absolute atomic E-state index is 0.0717. The highest BCUT2D eigenvalue weighted by molar-refractivity contribution is 6.05.